The molecule has 0 aromatic heterocycles. The molecule has 0 N–H and O–H groups in total. The first-order chi connectivity index (χ1) is 6.84. The predicted octanol–water partition coefficient (Wildman–Crippen LogP) is 3.14. The summed E-state index contributed by atoms with van der Waals surface area (Å²) in [5, 5.41) is 0. The van der Waals surface area contributed by atoms with Gasteiger partial charge in [-0.3, -0.25) is 4.90 Å². The molecule has 0 spiro atoms. The average molecular weight is 252 g/mol. The van der Waals surface area contributed by atoms with Gasteiger partial charge in [-0.2, -0.15) is 0 Å². The number of benzene rings is 1. The van der Waals surface area contributed by atoms with E-state index in [4.69, 9.17) is 0 Å². The smallest absolute Gasteiger partial charge is 0.0351 e. The molecule has 0 aliphatic carbocycles. The Kier molecular flexibility index (Phi) is 2.14. The van der Waals surface area contributed by atoms with Crippen molar-refractivity contribution in [2.24, 2.45) is 0 Å². The number of rotatable bonds is 0. The summed E-state index contributed by atoms with van der Waals surface area (Å²) in [6.07, 6.45) is 3.96. The van der Waals surface area contributed by atoms with Crippen LogP contribution in [0.1, 0.15) is 30.0 Å². The Labute approximate surface area is 93.2 Å². The second kappa shape index (κ2) is 3.35. The van der Waals surface area contributed by atoms with Crippen molar-refractivity contribution in [3.05, 3.63) is 33.8 Å². The summed E-state index contributed by atoms with van der Waals surface area (Å²) in [7, 11) is 0. The van der Waals surface area contributed by atoms with E-state index < -0.39 is 0 Å². The van der Waals surface area contributed by atoms with E-state index in [0.29, 0.717) is 0 Å². The van der Waals surface area contributed by atoms with E-state index in [-0.39, 0.29) is 0 Å². The molecular formula is C12H14BrN. The number of halogens is 1. The van der Waals surface area contributed by atoms with E-state index in [0.717, 1.165) is 6.04 Å². The molecule has 1 atom stereocenters. The van der Waals surface area contributed by atoms with Crippen LogP contribution in [0.4, 0.5) is 0 Å². The van der Waals surface area contributed by atoms with Crippen LogP contribution in [-0.2, 0) is 6.42 Å². The second-order valence-corrected chi connectivity index (χ2v) is 5.20. The molecule has 1 aromatic carbocycles. The van der Waals surface area contributed by atoms with Crippen molar-refractivity contribution in [1.29, 1.82) is 0 Å². The van der Waals surface area contributed by atoms with Crippen molar-refractivity contribution in [2.75, 3.05) is 13.1 Å². The Hall–Kier alpha value is -0.340. The lowest BCUT2D eigenvalue weighted by Gasteiger charge is -2.31. The Morgan fingerprint density at radius 3 is 3.14 bits per heavy atom. The number of fused-ring (bicyclic) bond motifs is 3. The van der Waals surface area contributed by atoms with Gasteiger partial charge in [0.25, 0.3) is 0 Å². The topological polar surface area (TPSA) is 3.24 Å². The zero-order valence-corrected chi connectivity index (χ0v) is 9.76. The number of hydrogen-bond acceptors (Lipinski definition) is 1. The van der Waals surface area contributed by atoms with Crippen LogP contribution in [0.25, 0.3) is 0 Å². The first kappa shape index (κ1) is 8.93. The van der Waals surface area contributed by atoms with E-state index in [1.165, 1.54) is 36.8 Å². The Morgan fingerprint density at radius 1 is 1.29 bits per heavy atom. The summed E-state index contributed by atoms with van der Waals surface area (Å²) in [4.78, 5) is 2.63. The van der Waals surface area contributed by atoms with E-state index in [9.17, 15) is 0 Å². The van der Waals surface area contributed by atoms with Gasteiger partial charge in [-0.1, -0.05) is 22.0 Å². The molecule has 3 rings (SSSR count). The molecule has 2 aliphatic heterocycles. The summed E-state index contributed by atoms with van der Waals surface area (Å²) in [5.41, 5.74) is 3.14. The van der Waals surface area contributed by atoms with Crippen molar-refractivity contribution in [3.8, 4) is 0 Å². The molecule has 2 heterocycles. The van der Waals surface area contributed by atoms with Gasteiger partial charge in [-0.25, -0.2) is 0 Å². The molecule has 1 aromatic rings. The van der Waals surface area contributed by atoms with Crippen LogP contribution < -0.4 is 0 Å². The van der Waals surface area contributed by atoms with Gasteiger partial charge in [0.05, 0.1) is 0 Å². The van der Waals surface area contributed by atoms with Crippen LogP contribution in [-0.4, -0.2) is 18.0 Å². The average Bonchev–Trinajstić information content (AvgIpc) is 2.65. The van der Waals surface area contributed by atoms with Gasteiger partial charge in [-0.15, -0.1) is 0 Å². The summed E-state index contributed by atoms with van der Waals surface area (Å²) in [6, 6.07) is 7.49. The zero-order valence-electron chi connectivity index (χ0n) is 8.17. The van der Waals surface area contributed by atoms with Gasteiger partial charge < -0.3 is 0 Å². The molecule has 0 bridgehead atoms. The third kappa shape index (κ3) is 1.32. The fourth-order valence-corrected chi connectivity index (χ4v) is 3.19. The quantitative estimate of drug-likeness (QED) is 0.685. The molecule has 1 fully saturated rings. The van der Waals surface area contributed by atoms with Crippen molar-refractivity contribution in [1.82, 2.24) is 4.90 Å². The van der Waals surface area contributed by atoms with Crippen LogP contribution in [0.2, 0.25) is 0 Å². The minimum atomic E-state index is 0.719. The van der Waals surface area contributed by atoms with E-state index in [1.807, 2.05) is 0 Å². The highest BCUT2D eigenvalue weighted by atomic mass is 79.9. The highest BCUT2D eigenvalue weighted by molar-refractivity contribution is 9.10. The molecule has 0 radical (unpaired) electrons. The molecule has 2 heteroatoms. The monoisotopic (exact) mass is 251 g/mol. The van der Waals surface area contributed by atoms with Gasteiger partial charge in [0.15, 0.2) is 0 Å². The molecule has 14 heavy (non-hydrogen) atoms. The Morgan fingerprint density at radius 2 is 2.21 bits per heavy atom. The van der Waals surface area contributed by atoms with Gasteiger partial charge >= 0.3 is 0 Å². The lowest BCUT2D eigenvalue weighted by molar-refractivity contribution is 0.244. The molecular weight excluding hydrogens is 238 g/mol. The minimum Gasteiger partial charge on any atom is -0.296 e. The van der Waals surface area contributed by atoms with Gasteiger partial charge in [0.2, 0.25) is 0 Å². The van der Waals surface area contributed by atoms with Crippen LogP contribution in [0.3, 0.4) is 0 Å². The highest BCUT2D eigenvalue weighted by Gasteiger charge is 2.30. The van der Waals surface area contributed by atoms with Crippen LogP contribution in [0.15, 0.2) is 22.7 Å². The SMILES string of the molecule is Brc1ccc2c(c1)C1CCCN1CC2. The molecule has 0 saturated carbocycles. The molecule has 1 saturated heterocycles. The lowest BCUT2D eigenvalue weighted by Crippen LogP contribution is -2.30. The maximum absolute atomic E-state index is 3.57. The molecule has 1 unspecified atom stereocenters. The summed E-state index contributed by atoms with van der Waals surface area (Å²) in [6.45, 7) is 2.57. The Balaban J connectivity index is 2.07. The fraction of sp³-hybridized carbons (Fsp3) is 0.500. The van der Waals surface area contributed by atoms with Crippen molar-refractivity contribution >= 4 is 15.9 Å². The maximum Gasteiger partial charge on any atom is 0.0351 e. The van der Waals surface area contributed by atoms with Gasteiger partial charge in [0, 0.05) is 17.1 Å². The van der Waals surface area contributed by atoms with Crippen LogP contribution >= 0.6 is 15.9 Å². The Bertz CT molecular complexity index is 361. The lowest BCUT2D eigenvalue weighted by atomic mass is 9.93. The number of hydrogen-bond donors (Lipinski definition) is 0. The highest BCUT2D eigenvalue weighted by Crippen LogP contribution is 2.38. The molecule has 1 nitrogen and oxygen atoms in total. The number of nitrogens with zero attached hydrogens (tertiary/aromatic N) is 1. The largest absolute Gasteiger partial charge is 0.296 e. The van der Waals surface area contributed by atoms with E-state index >= 15 is 0 Å². The second-order valence-electron chi connectivity index (χ2n) is 4.29. The summed E-state index contributed by atoms with van der Waals surface area (Å²) < 4.78 is 1.23. The molecule has 0 amide bonds. The first-order valence-corrected chi connectivity index (χ1v) is 6.16. The van der Waals surface area contributed by atoms with Crippen LogP contribution in [0, 0.1) is 0 Å². The summed E-state index contributed by atoms with van der Waals surface area (Å²) >= 11 is 3.57. The zero-order chi connectivity index (χ0) is 9.54. The van der Waals surface area contributed by atoms with Crippen molar-refractivity contribution in [3.63, 3.8) is 0 Å². The fourth-order valence-electron chi connectivity index (χ4n) is 2.81. The molecule has 2 aliphatic rings. The van der Waals surface area contributed by atoms with Gasteiger partial charge in [-0.05, 0) is 49.1 Å². The van der Waals surface area contributed by atoms with Crippen LogP contribution in [0.5, 0.6) is 0 Å². The standard InChI is InChI=1S/C12H14BrN/c13-10-4-3-9-5-7-14-6-1-2-12(14)11(9)8-10/h3-4,8,12H,1-2,5-7H2. The first-order valence-electron chi connectivity index (χ1n) is 5.37. The van der Waals surface area contributed by atoms with Gasteiger partial charge in [0.1, 0.15) is 0 Å². The third-order valence-electron chi connectivity index (χ3n) is 3.50. The van der Waals surface area contributed by atoms with E-state index in [2.05, 4.69) is 39.0 Å². The summed E-state index contributed by atoms with van der Waals surface area (Å²) in [5.74, 6) is 0. The van der Waals surface area contributed by atoms with Crippen molar-refractivity contribution < 1.29 is 0 Å². The van der Waals surface area contributed by atoms with Crippen molar-refractivity contribution in [2.45, 2.75) is 25.3 Å². The normalized spacial score (nSPS) is 25.9. The maximum atomic E-state index is 3.57. The predicted molar refractivity (Wildman–Crippen MR) is 61.4 cm³/mol. The molecule has 74 valence electrons. The van der Waals surface area contributed by atoms with E-state index in [1.54, 1.807) is 11.1 Å². The third-order valence-corrected chi connectivity index (χ3v) is 3.99. The minimum absolute atomic E-state index is 0.719.